The molecule has 0 aliphatic carbocycles. The molecule has 0 bridgehead atoms. The Kier molecular flexibility index (Phi) is 6.15. The van der Waals surface area contributed by atoms with Gasteiger partial charge in [0.15, 0.2) is 0 Å². The van der Waals surface area contributed by atoms with E-state index in [9.17, 15) is 4.79 Å². The highest BCUT2D eigenvalue weighted by Gasteiger charge is 2.00. The lowest BCUT2D eigenvalue weighted by Gasteiger charge is -2.09. The molecule has 0 aliphatic heterocycles. The maximum atomic E-state index is 10.5. The van der Waals surface area contributed by atoms with Crippen molar-refractivity contribution in [2.45, 2.75) is 20.5 Å². The number of methoxy groups -OCH3 is 1. The molecule has 0 spiro atoms. The second kappa shape index (κ2) is 7.67. The SMILES string of the molecule is COc1ccc(COC[C@H](C)C=C(C)C=O)cc1. The zero-order valence-corrected chi connectivity index (χ0v) is 11.2. The molecule has 0 N–H and O–H groups in total. The van der Waals surface area contributed by atoms with Gasteiger partial charge in [-0.1, -0.05) is 25.1 Å². The van der Waals surface area contributed by atoms with Gasteiger partial charge < -0.3 is 9.47 Å². The van der Waals surface area contributed by atoms with Gasteiger partial charge in [-0.15, -0.1) is 0 Å². The normalized spacial score (nSPS) is 13.2. The largest absolute Gasteiger partial charge is 0.497 e. The zero-order chi connectivity index (χ0) is 13.4. The van der Waals surface area contributed by atoms with Crippen LogP contribution in [0.4, 0.5) is 0 Å². The van der Waals surface area contributed by atoms with E-state index < -0.39 is 0 Å². The molecule has 0 amide bonds. The molecular weight excluding hydrogens is 228 g/mol. The fourth-order valence-corrected chi connectivity index (χ4v) is 1.62. The molecule has 0 saturated carbocycles. The highest BCUT2D eigenvalue weighted by atomic mass is 16.5. The van der Waals surface area contributed by atoms with Crippen LogP contribution < -0.4 is 4.74 Å². The molecular formula is C15H20O3. The van der Waals surface area contributed by atoms with Gasteiger partial charge in [0.2, 0.25) is 0 Å². The summed E-state index contributed by atoms with van der Waals surface area (Å²) in [5.74, 6) is 1.09. The first-order valence-corrected chi connectivity index (χ1v) is 6.00. The van der Waals surface area contributed by atoms with E-state index in [0.717, 1.165) is 23.2 Å². The average Bonchev–Trinajstić information content (AvgIpc) is 2.39. The van der Waals surface area contributed by atoms with E-state index in [2.05, 4.69) is 0 Å². The van der Waals surface area contributed by atoms with Gasteiger partial charge in [-0.3, -0.25) is 4.79 Å². The lowest BCUT2D eigenvalue weighted by molar-refractivity contribution is -0.104. The average molecular weight is 248 g/mol. The molecule has 0 unspecified atom stereocenters. The summed E-state index contributed by atoms with van der Waals surface area (Å²) in [4.78, 5) is 10.5. The van der Waals surface area contributed by atoms with Crippen LogP contribution in [-0.2, 0) is 16.1 Å². The number of carbonyl (C=O) groups excluding carboxylic acids is 1. The van der Waals surface area contributed by atoms with E-state index in [1.807, 2.05) is 37.3 Å². The fourth-order valence-electron chi connectivity index (χ4n) is 1.62. The number of hydrogen-bond acceptors (Lipinski definition) is 3. The van der Waals surface area contributed by atoms with Crippen molar-refractivity contribution in [2.75, 3.05) is 13.7 Å². The van der Waals surface area contributed by atoms with Gasteiger partial charge in [0, 0.05) is 0 Å². The van der Waals surface area contributed by atoms with E-state index in [4.69, 9.17) is 9.47 Å². The lowest BCUT2D eigenvalue weighted by atomic mass is 10.1. The van der Waals surface area contributed by atoms with Crippen LogP contribution in [0.2, 0.25) is 0 Å². The Hall–Kier alpha value is -1.61. The van der Waals surface area contributed by atoms with Crippen molar-refractivity contribution in [2.24, 2.45) is 5.92 Å². The van der Waals surface area contributed by atoms with Crippen LogP contribution in [0.5, 0.6) is 5.75 Å². The molecule has 1 atom stereocenters. The van der Waals surface area contributed by atoms with Crippen LogP contribution in [0, 0.1) is 5.92 Å². The van der Waals surface area contributed by atoms with E-state index >= 15 is 0 Å². The number of hydrogen-bond donors (Lipinski definition) is 0. The van der Waals surface area contributed by atoms with Gasteiger partial charge in [-0.05, 0) is 36.1 Å². The molecule has 3 nitrogen and oxygen atoms in total. The first-order valence-electron chi connectivity index (χ1n) is 6.00. The van der Waals surface area contributed by atoms with Crippen LogP contribution in [0.25, 0.3) is 0 Å². The third-order valence-corrected chi connectivity index (χ3v) is 2.54. The number of carbonyl (C=O) groups is 1. The Morgan fingerprint density at radius 3 is 2.56 bits per heavy atom. The van der Waals surface area contributed by atoms with E-state index in [-0.39, 0.29) is 5.92 Å². The summed E-state index contributed by atoms with van der Waals surface area (Å²) >= 11 is 0. The summed E-state index contributed by atoms with van der Waals surface area (Å²) in [6.07, 6.45) is 2.78. The number of aldehydes is 1. The molecule has 1 aromatic rings. The second-order valence-corrected chi connectivity index (χ2v) is 4.37. The predicted octanol–water partition coefficient (Wildman–Crippen LogP) is 2.99. The Morgan fingerprint density at radius 2 is 2.00 bits per heavy atom. The minimum absolute atomic E-state index is 0.244. The van der Waals surface area contributed by atoms with Crippen LogP contribution in [0.1, 0.15) is 19.4 Å². The molecule has 3 heteroatoms. The zero-order valence-electron chi connectivity index (χ0n) is 11.2. The standard InChI is InChI=1S/C15H20O3/c1-12(9-16)8-13(2)10-18-11-14-4-6-15(17-3)7-5-14/h4-9,13H,10-11H2,1-3H3/t13-/m1/s1. The van der Waals surface area contributed by atoms with Gasteiger partial charge in [-0.2, -0.15) is 0 Å². The minimum Gasteiger partial charge on any atom is -0.497 e. The monoisotopic (exact) mass is 248 g/mol. The fraction of sp³-hybridized carbons (Fsp3) is 0.400. The Balaban J connectivity index is 2.34. The molecule has 0 heterocycles. The van der Waals surface area contributed by atoms with E-state index in [0.29, 0.717) is 13.2 Å². The third kappa shape index (κ3) is 5.15. The number of rotatable bonds is 7. The number of ether oxygens (including phenoxy) is 2. The highest BCUT2D eigenvalue weighted by molar-refractivity contribution is 5.72. The van der Waals surface area contributed by atoms with Crippen molar-refractivity contribution in [3.63, 3.8) is 0 Å². The van der Waals surface area contributed by atoms with Gasteiger partial charge in [-0.25, -0.2) is 0 Å². The Morgan fingerprint density at radius 1 is 1.33 bits per heavy atom. The van der Waals surface area contributed by atoms with Crippen LogP contribution in [0.15, 0.2) is 35.9 Å². The quantitative estimate of drug-likeness (QED) is 0.549. The summed E-state index contributed by atoms with van der Waals surface area (Å²) in [5, 5.41) is 0. The van der Waals surface area contributed by atoms with Crippen molar-refractivity contribution in [3.8, 4) is 5.75 Å². The van der Waals surface area contributed by atoms with Crippen molar-refractivity contribution < 1.29 is 14.3 Å². The summed E-state index contributed by atoms with van der Waals surface area (Å²) in [5.41, 5.74) is 1.86. The van der Waals surface area contributed by atoms with Crippen molar-refractivity contribution in [3.05, 3.63) is 41.5 Å². The van der Waals surface area contributed by atoms with Crippen LogP contribution >= 0.6 is 0 Å². The number of benzene rings is 1. The first kappa shape index (κ1) is 14.5. The van der Waals surface area contributed by atoms with Gasteiger partial charge in [0.05, 0.1) is 20.3 Å². The first-order chi connectivity index (χ1) is 8.65. The molecule has 98 valence electrons. The predicted molar refractivity (Wildman–Crippen MR) is 71.6 cm³/mol. The van der Waals surface area contributed by atoms with Gasteiger partial charge in [0.25, 0.3) is 0 Å². The molecule has 1 rings (SSSR count). The maximum absolute atomic E-state index is 10.5. The Labute approximate surface area is 108 Å². The summed E-state index contributed by atoms with van der Waals surface area (Å²) < 4.78 is 10.7. The van der Waals surface area contributed by atoms with E-state index in [1.54, 1.807) is 14.0 Å². The van der Waals surface area contributed by atoms with Crippen molar-refractivity contribution in [1.29, 1.82) is 0 Å². The Bertz CT molecular complexity index is 393. The summed E-state index contributed by atoms with van der Waals surface area (Å²) in [7, 11) is 1.65. The van der Waals surface area contributed by atoms with Crippen LogP contribution in [-0.4, -0.2) is 20.0 Å². The second-order valence-electron chi connectivity index (χ2n) is 4.37. The molecule has 1 aromatic carbocycles. The van der Waals surface area contributed by atoms with E-state index in [1.165, 1.54) is 0 Å². The lowest BCUT2D eigenvalue weighted by Crippen LogP contribution is -2.04. The van der Waals surface area contributed by atoms with Gasteiger partial charge in [0.1, 0.15) is 12.0 Å². The number of allylic oxidation sites excluding steroid dienone is 1. The maximum Gasteiger partial charge on any atom is 0.145 e. The minimum atomic E-state index is 0.244. The van der Waals surface area contributed by atoms with Crippen LogP contribution in [0.3, 0.4) is 0 Å². The topological polar surface area (TPSA) is 35.5 Å². The molecule has 0 fully saturated rings. The molecule has 18 heavy (non-hydrogen) atoms. The summed E-state index contributed by atoms with van der Waals surface area (Å²) in [6, 6.07) is 7.79. The summed E-state index contributed by atoms with van der Waals surface area (Å²) in [6.45, 7) is 5.01. The van der Waals surface area contributed by atoms with Gasteiger partial charge >= 0.3 is 0 Å². The van der Waals surface area contributed by atoms with Crippen molar-refractivity contribution in [1.82, 2.24) is 0 Å². The van der Waals surface area contributed by atoms with Crippen molar-refractivity contribution >= 4 is 6.29 Å². The molecule has 0 aromatic heterocycles. The third-order valence-electron chi connectivity index (χ3n) is 2.54. The highest BCUT2D eigenvalue weighted by Crippen LogP contribution is 2.12. The molecule has 0 saturated heterocycles. The smallest absolute Gasteiger partial charge is 0.145 e. The molecule has 0 aliphatic rings. The molecule has 0 radical (unpaired) electrons.